The minimum Gasteiger partial charge on any atom is -0.377 e. The van der Waals surface area contributed by atoms with Crippen molar-refractivity contribution in [3.05, 3.63) is 0 Å². The first-order valence-electron chi connectivity index (χ1n) is 6.33. The van der Waals surface area contributed by atoms with Gasteiger partial charge in [-0.15, -0.1) is 12.4 Å². The van der Waals surface area contributed by atoms with Gasteiger partial charge in [-0.3, -0.25) is 4.79 Å². The van der Waals surface area contributed by atoms with E-state index in [1.165, 1.54) is 0 Å². The van der Waals surface area contributed by atoms with Gasteiger partial charge in [-0.1, -0.05) is 13.8 Å². The molecule has 0 aromatic carbocycles. The third kappa shape index (κ3) is 3.12. The largest absolute Gasteiger partial charge is 0.377 e. The molecule has 0 saturated carbocycles. The van der Waals surface area contributed by atoms with Crippen molar-refractivity contribution in [1.82, 2.24) is 10.2 Å². The Morgan fingerprint density at radius 3 is 2.76 bits per heavy atom. The maximum Gasteiger partial charge on any atom is 0.226 e. The molecule has 0 bridgehead atoms. The Morgan fingerprint density at radius 1 is 1.53 bits per heavy atom. The van der Waals surface area contributed by atoms with Crippen LogP contribution in [-0.2, 0) is 9.53 Å². The normalized spacial score (nSPS) is 26.9. The van der Waals surface area contributed by atoms with E-state index in [0.29, 0.717) is 25.0 Å². The molecule has 2 aliphatic rings. The number of nitrogens with zero attached hydrogens (tertiary/aromatic N) is 1. The maximum atomic E-state index is 12.3. The maximum absolute atomic E-state index is 12.3. The fourth-order valence-corrected chi connectivity index (χ4v) is 2.41. The molecule has 17 heavy (non-hydrogen) atoms. The molecule has 2 atom stereocenters. The number of carbonyl (C=O) groups is 1. The summed E-state index contributed by atoms with van der Waals surface area (Å²) in [7, 11) is 0. The van der Waals surface area contributed by atoms with Crippen LogP contribution in [0.1, 0.15) is 20.3 Å². The summed E-state index contributed by atoms with van der Waals surface area (Å²) in [5.41, 5.74) is 0. The summed E-state index contributed by atoms with van der Waals surface area (Å²) < 4.78 is 5.43. The molecule has 2 unspecified atom stereocenters. The first-order valence-corrected chi connectivity index (χ1v) is 6.33. The zero-order valence-electron chi connectivity index (χ0n) is 10.6. The number of ether oxygens (including phenoxy) is 1. The molecule has 5 heteroatoms. The van der Waals surface area contributed by atoms with Crippen LogP contribution in [0.2, 0.25) is 0 Å². The fourth-order valence-electron chi connectivity index (χ4n) is 2.41. The van der Waals surface area contributed by atoms with Crippen LogP contribution in [0.15, 0.2) is 0 Å². The number of hydrogen-bond acceptors (Lipinski definition) is 3. The Hall–Kier alpha value is -0.320. The van der Waals surface area contributed by atoms with E-state index in [2.05, 4.69) is 19.2 Å². The highest BCUT2D eigenvalue weighted by atomic mass is 35.5. The molecule has 2 heterocycles. The first-order chi connectivity index (χ1) is 7.74. The van der Waals surface area contributed by atoms with Gasteiger partial charge in [0.05, 0.1) is 19.3 Å². The summed E-state index contributed by atoms with van der Waals surface area (Å²) in [5, 5.41) is 3.23. The number of nitrogens with one attached hydrogen (secondary N) is 1. The first kappa shape index (κ1) is 14.7. The van der Waals surface area contributed by atoms with E-state index < -0.39 is 0 Å². The fraction of sp³-hybridized carbons (Fsp3) is 0.917. The predicted octanol–water partition coefficient (Wildman–Crippen LogP) is 0.901. The van der Waals surface area contributed by atoms with Gasteiger partial charge >= 0.3 is 0 Å². The van der Waals surface area contributed by atoms with Crippen molar-refractivity contribution < 1.29 is 9.53 Å². The summed E-state index contributed by atoms with van der Waals surface area (Å²) in [5.74, 6) is 1.02. The van der Waals surface area contributed by atoms with Gasteiger partial charge in [0.1, 0.15) is 0 Å². The van der Waals surface area contributed by atoms with E-state index in [0.717, 1.165) is 26.1 Å². The molecular formula is C12H23ClN2O2. The van der Waals surface area contributed by atoms with E-state index in [1.54, 1.807) is 0 Å². The minimum atomic E-state index is 0. The van der Waals surface area contributed by atoms with Gasteiger partial charge in [0.25, 0.3) is 0 Å². The molecule has 2 saturated heterocycles. The van der Waals surface area contributed by atoms with Crippen LogP contribution < -0.4 is 5.32 Å². The molecule has 4 nitrogen and oxygen atoms in total. The van der Waals surface area contributed by atoms with Gasteiger partial charge < -0.3 is 15.0 Å². The van der Waals surface area contributed by atoms with Crippen LogP contribution >= 0.6 is 12.4 Å². The molecule has 100 valence electrons. The number of amides is 1. The Bertz CT molecular complexity index is 259. The molecule has 1 amide bonds. The summed E-state index contributed by atoms with van der Waals surface area (Å²) in [6, 6.07) is 0.289. The smallest absolute Gasteiger partial charge is 0.226 e. The molecule has 0 aromatic heterocycles. The van der Waals surface area contributed by atoms with Crippen LogP contribution in [0.3, 0.4) is 0 Å². The van der Waals surface area contributed by atoms with Crippen LogP contribution in [0.25, 0.3) is 0 Å². The van der Waals surface area contributed by atoms with E-state index in [9.17, 15) is 4.79 Å². The highest BCUT2D eigenvalue weighted by molar-refractivity contribution is 5.85. The van der Waals surface area contributed by atoms with Crippen molar-refractivity contribution in [3.63, 3.8) is 0 Å². The molecule has 0 aliphatic carbocycles. The van der Waals surface area contributed by atoms with Crippen molar-refractivity contribution in [2.45, 2.75) is 26.3 Å². The van der Waals surface area contributed by atoms with Gasteiger partial charge in [0.15, 0.2) is 0 Å². The van der Waals surface area contributed by atoms with E-state index in [1.807, 2.05) is 4.90 Å². The molecule has 1 N–H and O–H groups in total. The average molecular weight is 263 g/mol. The second kappa shape index (κ2) is 6.57. The number of halogens is 1. The quantitative estimate of drug-likeness (QED) is 0.822. The van der Waals surface area contributed by atoms with Crippen LogP contribution in [0.5, 0.6) is 0 Å². The Labute approximate surface area is 109 Å². The topological polar surface area (TPSA) is 41.6 Å². The third-order valence-electron chi connectivity index (χ3n) is 3.89. The molecular weight excluding hydrogens is 240 g/mol. The van der Waals surface area contributed by atoms with Crippen LogP contribution in [0, 0.1) is 11.8 Å². The third-order valence-corrected chi connectivity index (χ3v) is 3.89. The molecule has 0 radical (unpaired) electrons. The van der Waals surface area contributed by atoms with Gasteiger partial charge in [0, 0.05) is 12.5 Å². The molecule has 2 rings (SSSR count). The Balaban J connectivity index is 0.00000144. The highest BCUT2D eigenvalue weighted by Crippen LogP contribution is 2.21. The highest BCUT2D eigenvalue weighted by Gasteiger charge is 2.34. The van der Waals surface area contributed by atoms with Gasteiger partial charge in [-0.2, -0.15) is 0 Å². The second-order valence-corrected chi connectivity index (χ2v) is 4.88. The summed E-state index contributed by atoms with van der Waals surface area (Å²) in [6.07, 6.45) is 0.987. The minimum absolute atomic E-state index is 0. The molecule has 2 fully saturated rings. The van der Waals surface area contributed by atoms with E-state index >= 15 is 0 Å². The number of hydrogen-bond donors (Lipinski definition) is 1. The average Bonchev–Trinajstić information content (AvgIpc) is 2.25. The lowest BCUT2D eigenvalue weighted by Crippen LogP contribution is -2.55. The van der Waals surface area contributed by atoms with E-state index in [4.69, 9.17) is 4.74 Å². The second-order valence-electron chi connectivity index (χ2n) is 4.88. The lowest BCUT2D eigenvalue weighted by Gasteiger charge is -2.40. The Morgan fingerprint density at radius 2 is 2.24 bits per heavy atom. The lowest BCUT2D eigenvalue weighted by molar-refractivity contribution is -0.146. The number of morpholine rings is 1. The van der Waals surface area contributed by atoms with Gasteiger partial charge in [0.2, 0.25) is 5.91 Å². The zero-order chi connectivity index (χ0) is 11.5. The molecule has 0 spiro atoms. The van der Waals surface area contributed by atoms with Crippen LogP contribution in [-0.4, -0.2) is 49.7 Å². The number of rotatable bonds is 3. The van der Waals surface area contributed by atoms with Crippen molar-refractivity contribution in [1.29, 1.82) is 0 Å². The zero-order valence-corrected chi connectivity index (χ0v) is 11.5. The summed E-state index contributed by atoms with van der Waals surface area (Å²) in [4.78, 5) is 14.4. The predicted molar refractivity (Wildman–Crippen MR) is 69.4 cm³/mol. The molecule has 0 aromatic rings. The van der Waals surface area contributed by atoms with Crippen LogP contribution in [0.4, 0.5) is 0 Å². The molecule has 2 aliphatic heterocycles. The lowest BCUT2D eigenvalue weighted by atomic mass is 9.87. The van der Waals surface area contributed by atoms with E-state index in [-0.39, 0.29) is 24.4 Å². The standard InChI is InChI=1S/C12H22N2O2.ClH/c1-3-11-8-16-5-4-14(11)12(15)9(2)10-6-13-7-10;/h9-11,13H,3-8H2,1-2H3;1H. The van der Waals surface area contributed by atoms with Crippen molar-refractivity contribution in [2.75, 3.05) is 32.8 Å². The van der Waals surface area contributed by atoms with Crippen molar-refractivity contribution >= 4 is 18.3 Å². The number of carbonyl (C=O) groups excluding carboxylic acids is 1. The van der Waals surface area contributed by atoms with Gasteiger partial charge in [-0.25, -0.2) is 0 Å². The SMILES string of the molecule is CCC1COCCN1C(=O)C(C)C1CNC1.Cl. The monoisotopic (exact) mass is 262 g/mol. The van der Waals surface area contributed by atoms with Crippen molar-refractivity contribution in [3.8, 4) is 0 Å². The summed E-state index contributed by atoms with van der Waals surface area (Å²) >= 11 is 0. The summed E-state index contributed by atoms with van der Waals surface area (Å²) in [6.45, 7) is 8.34. The Kier molecular flexibility index (Phi) is 5.70. The van der Waals surface area contributed by atoms with Gasteiger partial charge in [-0.05, 0) is 25.4 Å². The van der Waals surface area contributed by atoms with Crippen molar-refractivity contribution in [2.24, 2.45) is 11.8 Å².